The predicted octanol–water partition coefficient (Wildman–Crippen LogP) is 1.96. The summed E-state index contributed by atoms with van der Waals surface area (Å²) in [7, 11) is 0. The Morgan fingerprint density at radius 2 is 1.50 bits per heavy atom. The van der Waals surface area contributed by atoms with E-state index in [1.165, 1.54) is 5.69 Å². The molecule has 1 aliphatic rings. The fraction of sp³-hybridized carbons (Fsp3) is 0.429. The number of amides is 2. The maximum atomic E-state index is 10.1. The number of nitrogens with one attached hydrogen (secondary N) is 1. The Labute approximate surface area is 108 Å². The fourth-order valence-electron chi connectivity index (χ4n) is 1.74. The fourth-order valence-corrected chi connectivity index (χ4v) is 1.74. The molecule has 0 aliphatic carbocycles. The van der Waals surface area contributed by atoms with Gasteiger partial charge in [-0.15, -0.1) is 0 Å². The van der Waals surface area contributed by atoms with Crippen LogP contribution in [0.1, 0.15) is 26.7 Å². The van der Waals surface area contributed by atoms with Gasteiger partial charge in [-0.2, -0.15) is 0 Å². The molecule has 18 heavy (non-hydrogen) atoms. The molecule has 4 nitrogen and oxygen atoms in total. The lowest BCUT2D eigenvalue weighted by Crippen LogP contribution is -2.21. The average Bonchev–Trinajstić information content (AvgIpc) is 2.77. The molecule has 1 aromatic rings. The monoisotopic (exact) mass is 248 g/mol. The smallest absolute Gasteiger partial charge is 0.227 e. The summed E-state index contributed by atoms with van der Waals surface area (Å²) < 4.78 is 0. The standard InChI is InChI=1S/C10H15N.C4H5NO2/c1-3-11(4-2)10-8-6-5-7-9-10;6-3-1-2-4(7)5-3/h5-9H,3-4H2,1-2H3;1-2H2,(H,5,6,7). The molecule has 0 atom stereocenters. The molecule has 1 aromatic carbocycles. The largest absolute Gasteiger partial charge is 0.372 e. The molecule has 0 saturated carbocycles. The van der Waals surface area contributed by atoms with Crippen LogP contribution in [0.2, 0.25) is 0 Å². The number of para-hydroxylation sites is 1. The summed E-state index contributed by atoms with van der Waals surface area (Å²) >= 11 is 0. The zero-order chi connectivity index (χ0) is 13.4. The second-order valence-corrected chi connectivity index (χ2v) is 3.98. The second-order valence-electron chi connectivity index (χ2n) is 3.98. The number of rotatable bonds is 3. The zero-order valence-corrected chi connectivity index (χ0v) is 11.0. The Kier molecular flexibility index (Phi) is 5.91. The number of benzene rings is 1. The molecular weight excluding hydrogens is 228 g/mol. The van der Waals surface area contributed by atoms with E-state index < -0.39 is 0 Å². The van der Waals surface area contributed by atoms with Crippen LogP contribution in [0.25, 0.3) is 0 Å². The van der Waals surface area contributed by atoms with Gasteiger partial charge in [-0.25, -0.2) is 0 Å². The molecule has 0 unspecified atom stereocenters. The van der Waals surface area contributed by atoms with Gasteiger partial charge in [0, 0.05) is 31.6 Å². The molecule has 1 N–H and O–H groups in total. The van der Waals surface area contributed by atoms with Crippen LogP contribution < -0.4 is 10.2 Å². The topological polar surface area (TPSA) is 49.4 Å². The van der Waals surface area contributed by atoms with Crippen LogP contribution in [-0.2, 0) is 9.59 Å². The molecule has 1 fully saturated rings. The Hall–Kier alpha value is -1.84. The van der Waals surface area contributed by atoms with E-state index in [4.69, 9.17) is 0 Å². The first-order chi connectivity index (χ1) is 8.67. The summed E-state index contributed by atoms with van der Waals surface area (Å²) in [6.07, 6.45) is 0.748. The highest BCUT2D eigenvalue weighted by Gasteiger charge is 2.15. The molecule has 1 saturated heterocycles. The highest BCUT2D eigenvalue weighted by molar-refractivity contribution is 6.01. The summed E-state index contributed by atoms with van der Waals surface area (Å²) in [5.41, 5.74) is 1.32. The van der Waals surface area contributed by atoms with Gasteiger partial charge < -0.3 is 4.90 Å². The van der Waals surface area contributed by atoms with Crippen LogP contribution in [0.4, 0.5) is 5.69 Å². The molecular formula is C14H20N2O2. The predicted molar refractivity (Wildman–Crippen MR) is 72.4 cm³/mol. The van der Waals surface area contributed by atoms with Gasteiger partial charge in [0.1, 0.15) is 0 Å². The van der Waals surface area contributed by atoms with Gasteiger partial charge in [0.15, 0.2) is 0 Å². The molecule has 98 valence electrons. The quantitative estimate of drug-likeness (QED) is 0.832. The molecule has 0 bridgehead atoms. The van der Waals surface area contributed by atoms with Gasteiger partial charge in [-0.3, -0.25) is 14.9 Å². The van der Waals surface area contributed by atoms with E-state index in [1.807, 2.05) is 6.07 Å². The van der Waals surface area contributed by atoms with Crippen molar-refractivity contribution >= 4 is 17.5 Å². The summed E-state index contributed by atoms with van der Waals surface area (Å²) in [6, 6.07) is 10.5. The third-order valence-corrected chi connectivity index (χ3v) is 2.74. The molecule has 0 radical (unpaired) electrons. The van der Waals surface area contributed by atoms with E-state index in [0.717, 1.165) is 13.1 Å². The Balaban J connectivity index is 0.000000199. The minimum absolute atomic E-state index is 0.148. The van der Waals surface area contributed by atoms with Crippen molar-refractivity contribution in [3.05, 3.63) is 30.3 Å². The van der Waals surface area contributed by atoms with Gasteiger partial charge in [0.05, 0.1) is 0 Å². The van der Waals surface area contributed by atoms with E-state index in [2.05, 4.69) is 48.3 Å². The number of hydrogen-bond acceptors (Lipinski definition) is 3. The maximum absolute atomic E-state index is 10.1. The normalized spacial score (nSPS) is 13.7. The van der Waals surface area contributed by atoms with Gasteiger partial charge >= 0.3 is 0 Å². The minimum Gasteiger partial charge on any atom is -0.372 e. The van der Waals surface area contributed by atoms with Crippen LogP contribution >= 0.6 is 0 Å². The van der Waals surface area contributed by atoms with Crippen LogP contribution in [0.15, 0.2) is 30.3 Å². The van der Waals surface area contributed by atoms with E-state index in [-0.39, 0.29) is 11.8 Å². The number of nitrogens with zero attached hydrogens (tertiary/aromatic N) is 1. The van der Waals surface area contributed by atoms with Crippen molar-refractivity contribution in [3.8, 4) is 0 Å². The third-order valence-electron chi connectivity index (χ3n) is 2.74. The zero-order valence-electron chi connectivity index (χ0n) is 11.0. The van der Waals surface area contributed by atoms with Gasteiger partial charge in [0.2, 0.25) is 11.8 Å². The van der Waals surface area contributed by atoms with Crippen LogP contribution in [0.3, 0.4) is 0 Å². The van der Waals surface area contributed by atoms with E-state index in [0.29, 0.717) is 12.8 Å². The Bertz CT molecular complexity index is 372. The lowest BCUT2D eigenvalue weighted by atomic mass is 10.3. The molecule has 1 heterocycles. The lowest BCUT2D eigenvalue weighted by molar-refractivity contribution is -0.124. The van der Waals surface area contributed by atoms with E-state index in [9.17, 15) is 9.59 Å². The van der Waals surface area contributed by atoms with Crippen molar-refractivity contribution < 1.29 is 9.59 Å². The summed E-state index contributed by atoms with van der Waals surface area (Å²) in [6.45, 7) is 6.52. The van der Waals surface area contributed by atoms with Crippen molar-refractivity contribution in [2.45, 2.75) is 26.7 Å². The van der Waals surface area contributed by atoms with Crippen molar-refractivity contribution in [2.24, 2.45) is 0 Å². The average molecular weight is 248 g/mol. The van der Waals surface area contributed by atoms with Crippen molar-refractivity contribution in [1.29, 1.82) is 0 Å². The molecule has 1 aliphatic heterocycles. The first kappa shape index (κ1) is 14.2. The van der Waals surface area contributed by atoms with Gasteiger partial charge in [0.25, 0.3) is 0 Å². The SMILES string of the molecule is CCN(CC)c1ccccc1.O=C1CCC(=O)N1. The van der Waals surface area contributed by atoms with Crippen molar-refractivity contribution in [2.75, 3.05) is 18.0 Å². The molecule has 4 heteroatoms. The second kappa shape index (κ2) is 7.48. The van der Waals surface area contributed by atoms with Crippen LogP contribution in [0.5, 0.6) is 0 Å². The minimum atomic E-state index is -0.148. The van der Waals surface area contributed by atoms with E-state index >= 15 is 0 Å². The van der Waals surface area contributed by atoms with E-state index in [1.54, 1.807) is 0 Å². The van der Waals surface area contributed by atoms with Crippen molar-refractivity contribution in [1.82, 2.24) is 5.32 Å². The number of hydrogen-bond donors (Lipinski definition) is 1. The first-order valence-electron chi connectivity index (χ1n) is 6.30. The molecule has 2 amide bonds. The third kappa shape index (κ3) is 4.57. The highest BCUT2D eigenvalue weighted by atomic mass is 16.2. The first-order valence-corrected chi connectivity index (χ1v) is 6.30. The lowest BCUT2D eigenvalue weighted by Gasteiger charge is -2.20. The maximum Gasteiger partial charge on any atom is 0.227 e. The summed E-state index contributed by atoms with van der Waals surface area (Å²) in [5, 5.41) is 2.14. The Morgan fingerprint density at radius 1 is 1.00 bits per heavy atom. The number of carbonyl (C=O) groups is 2. The molecule has 0 aromatic heterocycles. The molecule has 0 spiro atoms. The number of carbonyl (C=O) groups excluding carboxylic acids is 2. The van der Waals surface area contributed by atoms with Gasteiger partial charge in [-0.1, -0.05) is 18.2 Å². The number of imide groups is 1. The van der Waals surface area contributed by atoms with Crippen molar-refractivity contribution in [3.63, 3.8) is 0 Å². The van der Waals surface area contributed by atoms with Crippen LogP contribution in [-0.4, -0.2) is 24.9 Å². The molecule has 2 rings (SSSR count). The summed E-state index contributed by atoms with van der Waals surface area (Å²) in [5.74, 6) is -0.296. The highest BCUT2D eigenvalue weighted by Crippen LogP contribution is 2.11. The van der Waals surface area contributed by atoms with Gasteiger partial charge in [-0.05, 0) is 26.0 Å². The summed E-state index contributed by atoms with van der Waals surface area (Å²) in [4.78, 5) is 22.6. The Morgan fingerprint density at radius 3 is 1.83 bits per heavy atom. The van der Waals surface area contributed by atoms with Crippen LogP contribution in [0, 0.1) is 0 Å². The number of anilines is 1.